The minimum atomic E-state index is -0.526. The molecule has 0 radical (unpaired) electrons. The summed E-state index contributed by atoms with van der Waals surface area (Å²) in [6.07, 6.45) is 1.80. The van der Waals surface area contributed by atoms with Crippen LogP contribution in [0.1, 0.15) is 11.7 Å². The lowest BCUT2D eigenvalue weighted by atomic mass is 10.2. The largest absolute Gasteiger partial charge is 0.394 e. The molecule has 0 bridgehead atoms. The van der Waals surface area contributed by atoms with Gasteiger partial charge in [-0.05, 0) is 12.1 Å². The van der Waals surface area contributed by atoms with Crippen LogP contribution < -0.4 is 5.73 Å². The third kappa shape index (κ3) is 1.37. The van der Waals surface area contributed by atoms with Crippen LogP contribution in [0.25, 0.3) is 5.65 Å². The van der Waals surface area contributed by atoms with Gasteiger partial charge in [0.2, 0.25) is 0 Å². The normalized spacial score (nSPS) is 13.4. The number of rotatable bonds is 2. The van der Waals surface area contributed by atoms with Crippen LogP contribution in [0.15, 0.2) is 24.4 Å². The van der Waals surface area contributed by atoms with E-state index in [-0.39, 0.29) is 6.61 Å². The first-order valence-corrected chi connectivity index (χ1v) is 4.60. The first kappa shape index (κ1) is 9.45. The zero-order valence-electron chi connectivity index (χ0n) is 7.39. The number of hydrogen-bond acceptors (Lipinski definition) is 3. The quantitative estimate of drug-likeness (QED) is 0.779. The standard InChI is InChI=1S/C9H10ClN3O/c10-9-8(6(11)5-14)12-7-3-1-2-4-13(7)9/h1-4,6,14H,5,11H2. The highest BCUT2D eigenvalue weighted by Gasteiger charge is 2.15. The van der Waals surface area contributed by atoms with Gasteiger partial charge in [0.05, 0.1) is 18.3 Å². The molecule has 1 unspecified atom stereocenters. The van der Waals surface area contributed by atoms with Crippen LogP contribution in [-0.2, 0) is 0 Å². The fourth-order valence-corrected chi connectivity index (χ4v) is 1.63. The Morgan fingerprint density at radius 3 is 3.00 bits per heavy atom. The summed E-state index contributed by atoms with van der Waals surface area (Å²) in [6, 6.07) is 5.03. The Morgan fingerprint density at radius 2 is 2.36 bits per heavy atom. The third-order valence-corrected chi connectivity index (χ3v) is 2.42. The first-order valence-electron chi connectivity index (χ1n) is 4.23. The van der Waals surface area contributed by atoms with Gasteiger partial charge in [0, 0.05) is 6.20 Å². The Bertz CT molecular complexity index is 454. The van der Waals surface area contributed by atoms with Gasteiger partial charge < -0.3 is 10.8 Å². The Kier molecular flexibility index (Phi) is 2.41. The van der Waals surface area contributed by atoms with Crippen molar-refractivity contribution in [3.05, 3.63) is 35.2 Å². The molecule has 2 rings (SSSR count). The van der Waals surface area contributed by atoms with E-state index in [9.17, 15) is 0 Å². The Morgan fingerprint density at radius 1 is 1.57 bits per heavy atom. The summed E-state index contributed by atoms with van der Waals surface area (Å²) in [4.78, 5) is 4.23. The zero-order valence-corrected chi connectivity index (χ0v) is 8.15. The van der Waals surface area contributed by atoms with Crippen LogP contribution in [0.2, 0.25) is 5.15 Å². The highest BCUT2D eigenvalue weighted by atomic mass is 35.5. The maximum absolute atomic E-state index is 8.90. The number of hydrogen-bond donors (Lipinski definition) is 2. The number of aliphatic hydroxyl groups is 1. The first-order chi connectivity index (χ1) is 6.74. The molecule has 5 heteroatoms. The SMILES string of the molecule is NC(CO)c1nc2ccccn2c1Cl. The van der Waals surface area contributed by atoms with Crippen molar-refractivity contribution >= 4 is 17.2 Å². The molecule has 14 heavy (non-hydrogen) atoms. The molecule has 1 atom stereocenters. The molecule has 2 aromatic heterocycles. The second-order valence-corrected chi connectivity index (χ2v) is 3.36. The summed E-state index contributed by atoms with van der Waals surface area (Å²) in [5.74, 6) is 0. The van der Waals surface area contributed by atoms with Crippen molar-refractivity contribution in [2.45, 2.75) is 6.04 Å². The summed E-state index contributed by atoms with van der Waals surface area (Å²) in [7, 11) is 0. The molecule has 0 aliphatic rings. The van der Waals surface area contributed by atoms with Crippen LogP contribution in [0, 0.1) is 0 Å². The lowest BCUT2D eigenvalue weighted by Crippen LogP contribution is -2.15. The van der Waals surface area contributed by atoms with Gasteiger partial charge >= 0.3 is 0 Å². The number of pyridine rings is 1. The topological polar surface area (TPSA) is 63.5 Å². The summed E-state index contributed by atoms with van der Waals surface area (Å²) in [5, 5.41) is 9.37. The molecule has 0 aliphatic heterocycles. The Hall–Kier alpha value is -1.10. The third-order valence-electron chi connectivity index (χ3n) is 2.04. The predicted octanol–water partition coefficient (Wildman–Crippen LogP) is 0.980. The smallest absolute Gasteiger partial charge is 0.138 e. The molecule has 0 saturated heterocycles. The molecule has 4 nitrogen and oxygen atoms in total. The molecular weight excluding hydrogens is 202 g/mol. The summed E-state index contributed by atoms with van der Waals surface area (Å²) >= 11 is 6.04. The van der Waals surface area contributed by atoms with Crippen LogP contribution in [-0.4, -0.2) is 21.1 Å². The molecule has 0 aromatic carbocycles. The van der Waals surface area contributed by atoms with Crippen molar-refractivity contribution in [2.24, 2.45) is 5.73 Å². The van der Waals surface area contributed by atoms with Crippen LogP contribution in [0.5, 0.6) is 0 Å². The second-order valence-electron chi connectivity index (χ2n) is 3.01. The van der Waals surface area contributed by atoms with Gasteiger partial charge in [-0.2, -0.15) is 0 Å². The van der Waals surface area contributed by atoms with E-state index >= 15 is 0 Å². The van der Waals surface area contributed by atoms with Gasteiger partial charge in [0.1, 0.15) is 10.8 Å². The van der Waals surface area contributed by atoms with E-state index in [0.717, 1.165) is 5.65 Å². The number of halogens is 1. The molecule has 3 N–H and O–H groups in total. The van der Waals surface area contributed by atoms with E-state index in [2.05, 4.69) is 4.98 Å². The summed E-state index contributed by atoms with van der Waals surface area (Å²) in [6.45, 7) is -0.163. The van der Waals surface area contributed by atoms with Crippen molar-refractivity contribution in [3.63, 3.8) is 0 Å². The molecule has 0 fully saturated rings. The number of aliphatic hydroxyl groups excluding tert-OH is 1. The van der Waals surface area contributed by atoms with Crippen LogP contribution >= 0.6 is 11.6 Å². The summed E-state index contributed by atoms with van der Waals surface area (Å²) in [5.41, 5.74) is 6.91. The predicted molar refractivity (Wildman–Crippen MR) is 54.2 cm³/mol. The molecule has 2 aromatic rings. The highest BCUT2D eigenvalue weighted by molar-refractivity contribution is 6.30. The summed E-state index contributed by atoms with van der Waals surface area (Å²) < 4.78 is 1.73. The van der Waals surface area contributed by atoms with E-state index in [4.69, 9.17) is 22.4 Å². The van der Waals surface area contributed by atoms with E-state index in [1.165, 1.54) is 0 Å². The number of nitrogens with zero attached hydrogens (tertiary/aromatic N) is 2. The molecule has 0 aliphatic carbocycles. The fraction of sp³-hybridized carbons (Fsp3) is 0.222. The van der Waals surface area contributed by atoms with Crippen molar-refractivity contribution in [2.75, 3.05) is 6.61 Å². The van der Waals surface area contributed by atoms with Gasteiger partial charge in [-0.25, -0.2) is 4.98 Å². The second kappa shape index (κ2) is 3.57. The average molecular weight is 212 g/mol. The van der Waals surface area contributed by atoms with E-state index < -0.39 is 6.04 Å². The zero-order chi connectivity index (χ0) is 10.1. The minimum absolute atomic E-state index is 0.163. The van der Waals surface area contributed by atoms with E-state index in [0.29, 0.717) is 10.8 Å². The van der Waals surface area contributed by atoms with Gasteiger partial charge in [-0.3, -0.25) is 4.40 Å². The Balaban J connectivity index is 2.62. The molecular formula is C9H10ClN3O. The number of fused-ring (bicyclic) bond motifs is 1. The van der Waals surface area contributed by atoms with E-state index in [1.807, 2.05) is 18.2 Å². The lowest BCUT2D eigenvalue weighted by molar-refractivity contribution is 0.266. The number of nitrogens with two attached hydrogens (primary N) is 1. The Labute approximate surface area is 85.9 Å². The van der Waals surface area contributed by atoms with Crippen LogP contribution in [0.4, 0.5) is 0 Å². The average Bonchev–Trinajstić information content (AvgIpc) is 2.56. The molecule has 0 amide bonds. The van der Waals surface area contributed by atoms with Crippen molar-refractivity contribution in [1.29, 1.82) is 0 Å². The van der Waals surface area contributed by atoms with Crippen molar-refractivity contribution in [1.82, 2.24) is 9.38 Å². The lowest BCUT2D eigenvalue weighted by Gasteiger charge is -2.03. The minimum Gasteiger partial charge on any atom is -0.394 e. The number of aromatic nitrogens is 2. The van der Waals surface area contributed by atoms with Crippen molar-refractivity contribution < 1.29 is 5.11 Å². The molecule has 0 saturated carbocycles. The molecule has 74 valence electrons. The highest BCUT2D eigenvalue weighted by Crippen LogP contribution is 2.22. The fourth-order valence-electron chi connectivity index (χ4n) is 1.31. The maximum atomic E-state index is 8.90. The maximum Gasteiger partial charge on any atom is 0.138 e. The molecule has 2 heterocycles. The molecule has 0 spiro atoms. The van der Waals surface area contributed by atoms with Gasteiger partial charge in [-0.15, -0.1) is 0 Å². The van der Waals surface area contributed by atoms with Gasteiger partial charge in [-0.1, -0.05) is 17.7 Å². The van der Waals surface area contributed by atoms with Gasteiger partial charge in [0.25, 0.3) is 0 Å². The van der Waals surface area contributed by atoms with Crippen LogP contribution in [0.3, 0.4) is 0 Å². The van der Waals surface area contributed by atoms with Gasteiger partial charge in [0.15, 0.2) is 0 Å². The number of imidazole rings is 1. The van der Waals surface area contributed by atoms with E-state index in [1.54, 1.807) is 10.6 Å². The van der Waals surface area contributed by atoms with Crippen molar-refractivity contribution in [3.8, 4) is 0 Å². The monoisotopic (exact) mass is 211 g/mol.